The van der Waals surface area contributed by atoms with Gasteiger partial charge >= 0.3 is 0 Å². The number of ether oxygens (including phenoxy) is 2. The second kappa shape index (κ2) is 6.15. The Morgan fingerprint density at radius 1 is 1.18 bits per heavy atom. The van der Waals surface area contributed by atoms with Crippen LogP contribution >= 0.6 is 0 Å². The lowest BCUT2D eigenvalue weighted by molar-refractivity contribution is -0.206. The van der Waals surface area contributed by atoms with Gasteiger partial charge in [0.15, 0.2) is 6.29 Å². The van der Waals surface area contributed by atoms with Crippen molar-refractivity contribution in [1.82, 2.24) is 0 Å². The van der Waals surface area contributed by atoms with Crippen LogP contribution < -0.4 is 5.73 Å². The van der Waals surface area contributed by atoms with Crippen LogP contribution in [0, 0.1) is 5.92 Å². The number of hydrogen-bond donors (Lipinski definition) is 1. The lowest BCUT2D eigenvalue weighted by Gasteiger charge is -2.29. The van der Waals surface area contributed by atoms with Gasteiger partial charge in [-0.2, -0.15) is 0 Å². The Bertz CT molecular complexity index is 329. The molecule has 94 valence electrons. The Morgan fingerprint density at radius 2 is 1.82 bits per heavy atom. The Hall–Kier alpha value is -0.900. The molecule has 17 heavy (non-hydrogen) atoms. The van der Waals surface area contributed by atoms with Gasteiger partial charge in [0.25, 0.3) is 0 Å². The van der Waals surface area contributed by atoms with Gasteiger partial charge in [0.1, 0.15) is 0 Å². The molecule has 1 heterocycles. The molecule has 1 aromatic carbocycles. The van der Waals surface area contributed by atoms with Crippen LogP contribution in [0.15, 0.2) is 24.3 Å². The SMILES string of the molecule is CCCC1COC(c2ccc(CN)cc2)OC1. The molecule has 0 amide bonds. The standard InChI is InChI=1S/C14H21NO2/c1-2-3-12-9-16-14(17-10-12)13-6-4-11(8-15)5-7-13/h4-7,12,14H,2-3,8-10,15H2,1H3. The number of hydrogen-bond acceptors (Lipinski definition) is 3. The summed E-state index contributed by atoms with van der Waals surface area (Å²) in [5, 5.41) is 0. The maximum absolute atomic E-state index is 5.75. The van der Waals surface area contributed by atoms with Crippen LogP contribution in [0.5, 0.6) is 0 Å². The average Bonchev–Trinajstić information content (AvgIpc) is 2.40. The minimum Gasteiger partial charge on any atom is -0.348 e. The first kappa shape index (κ1) is 12.6. The van der Waals surface area contributed by atoms with E-state index in [0.717, 1.165) is 24.3 Å². The molecule has 0 atom stereocenters. The van der Waals surface area contributed by atoms with Gasteiger partial charge in [-0.05, 0) is 12.0 Å². The van der Waals surface area contributed by atoms with Gasteiger partial charge in [-0.15, -0.1) is 0 Å². The molecular formula is C14H21NO2. The maximum atomic E-state index is 5.75. The summed E-state index contributed by atoms with van der Waals surface area (Å²) in [6.07, 6.45) is 2.17. The van der Waals surface area contributed by atoms with Crippen molar-refractivity contribution in [2.24, 2.45) is 11.7 Å². The molecule has 1 aliphatic heterocycles. The van der Waals surface area contributed by atoms with Gasteiger partial charge in [-0.3, -0.25) is 0 Å². The van der Waals surface area contributed by atoms with Crippen LogP contribution in [-0.2, 0) is 16.0 Å². The van der Waals surface area contributed by atoms with Gasteiger partial charge < -0.3 is 15.2 Å². The quantitative estimate of drug-likeness (QED) is 0.872. The van der Waals surface area contributed by atoms with Crippen LogP contribution in [0.1, 0.15) is 37.2 Å². The fourth-order valence-corrected chi connectivity index (χ4v) is 2.12. The molecule has 0 saturated carbocycles. The molecule has 2 rings (SSSR count). The third-order valence-electron chi connectivity index (χ3n) is 3.15. The Labute approximate surface area is 103 Å². The third-order valence-corrected chi connectivity index (χ3v) is 3.15. The van der Waals surface area contributed by atoms with Crippen molar-refractivity contribution < 1.29 is 9.47 Å². The summed E-state index contributed by atoms with van der Waals surface area (Å²) in [5.41, 5.74) is 7.78. The predicted octanol–water partition coefficient (Wildman–Crippen LogP) is 2.61. The lowest BCUT2D eigenvalue weighted by atomic mass is 10.0. The molecule has 0 radical (unpaired) electrons. The number of benzene rings is 1. The minimum atomic E-state index is -0.199. The summed E-state index contributed by atoms with van der Waals surface area (Å²) in [6, 6.07) is 8.13. The predicted molar refractivity (Wildman–Crippen MR) is 67.4 cm³/mol. The maximum Gasteiger partial charge on any atom is 0.183 e. The van der Waals surface area contributed by atoms with Crippen molar-refractivity contribution in [2.75, 3.05) is 13.2 Å². The van der Waals surface area contributed by atoms with Gasteiger partial charge in [-0.25, -0.2) is 0 Å². The summed E-state index contributed by atoms with van der Waals surface area (Å²) >= 11 is 0. The van der Waals surface area contributed by atoms with Crippen LogP contribution in [0.25, 0.3) is 0 Å². The van der Waals surface area contributed by atoms with E-state index >= 15 is 0 Å². The molecule has 0 spiro atoms. The van der Waals surface area contributed by atoms with Crippen molar-refractivity contribution in [2.45, 2.75) is 32.6 Å². The first-order valence-electron chi connectivity index (χ1n) is 6.35. The van der Waals surface area contributed by atoms with E-state index < -0.39 is 0 Å². The molecule has 1 aliphatic rings. The van der Waals surface area contributed by atoms with E-state index in [-0.39, 0.29) is 6.29 Å². The zero-order valence-electron chi connectivity index (χ0n) is 10.4. The van der Waals surface area contributed by atoms with Gasteiger partial charge in [0.05, 0.1) is 13.2 Å². The topological polar surface area (TPSA) is 44.5 Å². The average molecular weight is 235 g/mol. The van der Waals surface area contributed by atoms with E-state index in [1.807, 2.05) is 24.3 Å². The van der Waals surface area contributed by atoms with E-state index in [2.05, 4.69) is 6.92 Å². The lowest BCUT2D eigenvalue weighted by Crippen LogP contribution is -2.26. The fraction of sp³-hybridized carbons (Fsp3) is 0.571. The van der Waals surface area contributed by atoms with E-state index in [4.69, 9.17) is 15.2 Å². The van der Waals surface area contributed by atoms with Crippen molar-refractivity contribution in [1.29, 1.82) is 0 Å². The number of rotatable bonds is 4. The Balaban J connectivity index is 1.91. The zero-order chi connectivity index (χ0) is 12.1. The summed E-state index contributed by atoms with van der Waals surface area (Å²) < 4.78 is 11.5. The molecule has 3 nitrogen and oxygen atoms in total. The minimum absolute atomic E-state index is 0.199. The monoisotopic (exact) mass is 235 g/mol. The van der Waals surface area contributed by atoms with Gasteiger partial charge in [0.2, 0.25) is 0 Å². The van der Waals surface area contributed by atoms with Crippen molar-refractivity contribution in [3.05, 3.63) is 35.4 Å². The summed E-state index contributed by atoms with van der Waals surface area (Å²) in [7, 11) is 0. The largest absolute Gasteiger partial charge is 0.348 e. The fourth-order valence-electron chi connectivity index (χ4n) is 2.12. The Morgan fingerprint density at radius 3 is 2.35 bits per heavy atom. The second-order valence-corrected chi connectivity index (χ2v) is 4.60. The smallest absolute Gasteiger partial charge is 0.183 e. The zero-order valence-corrected chi connectivity index (χ0v) is 10.4. The molecule has 0 aromatic heterocycles. The molecule has 0 bridgehead atoms. The van der Waals surface area contributed by atoms with E-state index in [0.29, 0.717) is 12.5 Å². The summed E-state index contributed by atoms with van der Waals surface area (Å²) in [6.45, 7) is 4.37. The van der Waals surface area contributed by atoms with Crippen molar-refractivity contribution >= 4 is 0 Å². The molecule has 1 fully saturated rings. The number of nitrogens with two attached hydrogens (primary N) is 1. The van der Waals surface area contributed by atoms with Gasteiger partial charge in [-0.1, -0.05) is 37.6 Å². The molecule has 1 saturated heterocycles. The molecule has 3 heteroatoms. The molecule has 2 N–H and O–H groups in total. The van der Waals surface area contributed by atoms with E-state index in [9.17, 15) is 0 Å². The first-order chi connectivity index (χ1) is 8.33. The highest BCUT2D eigenvalue weighted by Gasteiger charge is 2.22. The van der Waals surface area contributed by atoms with E-state index in [1.54, 1.807) is 0 Å². The summed E-state index contributed by atoms with van der Waals surface area (Å²) in [4.78, 5) is 0. The Kier molecular flexibility index (Phi) is 4.54. The first-order valence-corrected chi connectivity index (χ1v) is 6.35. The highest BCUT2D eigenvalue weighted by Crippen LogP contribution is 2.26. The van der Waals surface area contributed by atoms with Crippen LogP contribution in [-0.4, -0.2) is 13.2 Å². The van der Waals surface area contributed by atoms with Crippen LogP contribution in [0.2, 0.25) is 0 Å². The van der Waals surface area contributed by atoms with Crippen LogP contribution in [0.3, 0.4) is 0 Å². The van der Waals surface area contributed by atoms with Gasteiger partial charge in [0, 0.05) is 18.0 Å². The summed E-state index contributed by atoms with van der Waals surface area (Å²) in [5.74, 6) is 0.555. The highest BCUT2D eigenvalue weighted by molar-refractivity contribution is 5.23. The normalized spacial score (nSPS) is 24.8. The van der Waals surface area contributed by atoms with E-state index in [1.165, 1.54) is 12.8 Å². The molecule has 1 aromatic rings. The third kappa shape index (κ3) is 3.28. The molecule has 0 aliphatic carbocycles. The molecule has 0 unspecified atom stereocenters. The second-order valence-electron chi connectivity index (χ2n) is 4.60. The van der Waals surface area contributed by atoms with Crippen molar-refractivity contribution in [3.8, 4) is 0 Å². The molecular weight excluding hydrogens is 214 g/mol. The van der Waals surface area contributed by atoms with Crippen molar-refractivity contribution in [3.63, 3.8) is 0 Å². The highest BCUT2D eigenvalue weighted by atomic mass is 16.7. The van der Waals surface area contributed by atoms with Crippen LogP contribution in [0.4, 0.5) is 0 Å².